The fraction of sp³-hybridized carbons (Fsp3) is 0.143. The van der Waals surface area contributed by atoms with E-state index in [0.717, 1.165) is 16.6 Å². The van der Waals surface area contributed by atoms with E-state index in [1.54, 1.807) is 12.4 Å². The highest BCUT2D eigenvalue weighted by atomic mass is 35.5. The van der Waals surface area contributed by atoms with E-state index in [1.165, 1.54) is 0 Å². The minimum absolute atomic E-state index is 0.638. The topological polar surface area (TPSA) is 41.6 Å². The average molecular weight is 168 g/mol. The number of hydrogen-bond acceptors (Lipinski definition) is 2. The van der Waals surface area contributed by atoms with Crippen LogP contribution in [-0.2, 0) is 0 Å². The third-order valence-electron chi connectivity index (χ3n) is 1.63. The van der Waals surface area contributed by atoms with Gasteiger partial charge in [0.1, 0.15) is 0 Å². The molecule has 0 atom stereocenters. The molecule has 56 valence electrons. The predicted molar refractivity (Wildman–Crippen MR) is 43.6 cm³/mol. The zero-order chi connectivity index (χ0) is 7.84. The monoisotopic (exact) mass is 167 g/mol. The van der Waals surface area contributed by atoms with Gasteiger partial charge in [-0.3, -0.25) is 10.1 Å². The number of pyridine rings is 1. The molecule has 0 aliphatic carbocycles. The summed E-state index contributed by atoms with van der Waals surface area (Å²) in [6.45, 7) is 1.91. The molecular weight excluding hydrogens is 162 g/mol. The van der Waals surface area contributed by atoms with E-state index in [2.05, 4.69) is 15.2 Å². The lowest BCUT2D eigenvalue weighted by molar-refractivity contribution is 1.10. The molecule has 2 rings (SSSR count). The van der Waals surface area contributed by atoms with Gasteiger partial charge in [0.15, 0.2) is 0 Å². The molecule has 0 radical (unpaired) electrons. The first-order valence-corrected chi connectivity index (χ1v) is 3.61. The van der Waals surface area contributed by atoms with Crippen LogP contribution in [0.25, 0.3) is 10.9 Å². The van der Waals surface area contributed by atoms with Crippen molar-refractivity contribution in [3.63, 3.8) is 0 Å². The molecule has 0 saturated carbocycles. The van der Waals surface area contributed by atoms with Crippen molar-refractivity contribution in [3.05, 3.63) is 23.1 Å². The van der Waals surface area contributed by atoms with Gasteiger partial charge in [0, 0.05) is 11.6 Å². The second-order valence-electron chi connectivity index (χ2n) is 2.35. The minimum atomic E-state index is 0.638. The Balaban J connectivity index is 2.96. The molecule has 0 spiro atoms. The van der Waals surface area contributed by atoms with E-state index < -0.39 is 0 Å². The maximum atomic E-state index is 5.85. The maximum absolute atomic E-state index is 5.85. The third-order valence-corrected chi connectivity index (χ3v) is 1.93. The lowest BCUT2D eigenvalue weighted by Gasteiger charge is -1.94. The summed E-state index contributed by atoms with van der Waals surface area (Å²) in [5.74, 6) is 0. The number of rotatable bonds is 0. The summed E-state index contributed by atoms with van der Waals surface area (Å²) in [4.78, 5) is 4.08. The molecule has 0 aliphatic heterocycles. The molecule has 0 aromatic carbocycles. The summed E-state index contributed by atoms with van der Waals surface area (Å²) in [7, 11) is 0. The van der Waals surface area contributed by atoms with Crippen LogP contribution in [0.1, 0.15) is 5.69 Å². The number of hydrogen-bond donors (Lipinski definition) is 1. The SMILES string of the molecule is Cc1ncc(Cl)c2cn[nH]c12. The van der Waals surface area contributed by atoms with E-state index in [1.807, 2.05) is 6.92 Å². The average Bonchev–Trinajstić information content (AvgIpc) is 2.45. The zero-order valence-corrected chi connectivity index (χ0v) is 6.68. The molecule has 2 aromatic rings. The molecular formula is C7H6ClN3. The van der Waals surface area contributed by atoms with E-state index in [9.17, 15) is 0 Å². The standard InChI is InChI=1S/C7H6ClN3/c1-4-7-5(2-10-11-7)6(8)3-9-4/h2-3H,1H3,(H,10,11). The molecule has 2 aromatic heterocycles. The van der Waals surface area contributed by atoms with Gasteiger partial charge in [0.25, 0.3) is 0 Å². The van der Waals surface area contributed by atoms with Crippen LogP contribution in [-0.4, -0.2) is 15.2 Å². The molecule has 0 amide bonds. The predicted octanol–water partition coefficient (Wildman–Crippen LogP) is 1.92. The normalized spacial score (nSPS) is 10.7. The quantitative estimate of drug-likeness (QED) is 0.652. The van der Waals surface area contributed by atoms with Crippen molar-refractivity contribution in [2.45, 2.75) is 6.92 Å². The van der Waals surface area contributed by atoms with Crippen LogP contribution in [0.3, 0.4) is 0 Å². The third kappa shape index (κ3) is 0.886. The van der Waals surface area contributed by atoms with Gasteiger partial charge < -0.3 is 0 Å². The van der Waals surface area contributed by atoms with Crippen molar-refractivity contribution >= 4 is 22.5 Å². The number of H-pyrrole nitrogens is 1. The first-order valence-electron chi connectivity index (χ1n) is 3.23. The van der Waals surface area contributed by atoms with Gasteiger partial charge in [0.2, 0.25) is 0 Å². The number of nitrogens with one attached hydrogen (secondary N) is 1. The Hall–Kier alpha value is -1.09. The second kappa shape index (κ2) is 2.20. The fourth-order valence-corrected chi connectivity index (χ4v) is 1.22. The van der Waals surface area contributed by atoms with Crippen LogP contribution in [0, 0.1) is 6.92 Å². The molecule has 0 bridgehead atoms. The van der Waals surface area contributed by atoms with E-state index in [0.29, 0.717) is 5.02 Å². The lowest BCUT2D eigenvalue weighted by atomic mass is 10.3. The highest BCUT2D eigenvalue weighted by Gasteiger charge is 2.03. The van der Waals surface area contributed by atoms with Crippen molar-refractivity contribution in [1.29, 1.82) is 0 Å². The summed E-state index contributed by atoms with van der Waals surface area (Å²) in [5, 5.41) is 8.27. The number of halogens is 1. The van der Waals surface area contributed by atoms with Crippen molar-refractivity contribution in [2.24, 2.45) is 0 Å². The molecule has 0 unspecified atom stereocenters. The summed E-state index contributed by atoms with van der Waals surface area (Å²) in [6.07, 6.45) is 3.33. The summed E-state index contributed by atoms with van der Waals surface area (Å²) in [5.41, 5.74) is 1.83. The van der Waals surface area contributed by atoms with E-state index >= 15 is 0 Å². The second-order valence-corrected chi connectivity index (χ2v) is 2.76. The Labute approximate surface area is 68.4 Å². The molecule has 0 saturated heterocycles. The van der Waals surface area contributed by atoms with Crippen LogP contribution in [0.5, 0.6) is 0 Å². The van der Waals surface area contributed by atoms with Gasteiger partial charge in [-0.25, -0.2) is 0 Å². The fourth-order valence-electron chi connectivity index (χ4n) is 1.03. The van der Waals surface area contributed by atoms with Crippen LogP contribution in [0.2, 0.25) is 5.02 Å². The molecule has 1 N–H and O–H groups in total. The Morgan fingerprint density at radius 1 is 1.45 bits per heavy atom. The molecule has 11 heavy (non-hydrogen) atoms. The van der Waals surface area contributed by atoms with E-state index in [4.69, 9.17) is 11.6 Å². The van der Waals surface area contributed by atoms with Gasteiger partial charge >= 0.3 is 0 Å². The van der Waals surface area contributed by atoms with Crippen molar-refractivity contribution in [1.82, 2.24) is 15.2 Å². The van der Waals surface area contributed by atoms with E-state index in [-0.39, 0.29) is 0 Å². The molecule has 0 fully saturated rings. The number of fused-ring (bicyclic) bond motifs is 1. The molecule has 3 nitrogen and oxygen atoms in total. The summed E-state index contributed by atoms with van der Waals surface area (Å²) >= 11 is 5.85. The lowest BCUT2D eigenvalue weighted by Crippen LogP contribution is -1.82. The molecule has 4 heteroatoms. The Morgan fingerprint density at radius 2 is 2.27 bits per heavy atom. The van der Waals surface area contributed by atoms with Crippen LogP contribution < -0.4 is 0 Å². The van der Waals surface area contributed by atoms with Gasteiger partial charge in [-0.15, -0.1) is 0 Å². The van der Waals surface area contributed by atoms with Crippen LogP contribution >= 0.6 is 11.6 Å². The largest absolute Gasteiger partial charge is 0.276 e. The number of nitrogens with zero attached hydrogens (tertiary/aromatic N) is 2. The number of aromatic amines is 1. The van der Waals surface area contributed by atoms with Crippen LogP contribution in [0.4, 0.5) is 0 Å². The van der Waals surface area contributed by atoms with Gasteiger partial charge in [0.05, 0.1) is 22.4 Å². The summed E-state index contributed by atoms with van der Waals surface area (Å²) in [6, 6.07) is 0. The van der Waals surface area contributed by atoms with Crippen molar-refractivity contribution in [2.75, 3.05) is 0 Å². The van der Waals surface area contributed by atoms with Crippen LogP contribution in [0.15, 0.2) is 12.4 Å². The first-order chi connectivity index (χ1) is 5.29. The van der Waals surface area contributed by atoms with Gasteiger partial charge in [-0.05, 0) is 6.92 Å². The number of aromatic nitrogens is 3. The first kappa shape index (κ1) is 6.61. The minimum Gasteiger partial charge on any atom is -0.276 e. The Morgan fingerprint density at radius 3 is 3.00 bits per heavy atom. The summed E-state index contributed by atoms with van der Waals surface area (Å²) < 4.78 is 0. The van der Waals surface area contributed by atoms with Crippen molar-refractivity contribution < 1.29 is 0 Å². The Kier molecular flexibility index (Phi) is 1.32. The Bertz CT molecular complexity index is 357. The molecule has 2 heterocycles. The van der Waals surface area contributed by atoms with Gasteiger partial charge in [-0.2, -0.15) is 5.10 Å². The zero-order valence-electron chi connectivity index (χ0n) is 5.93. The smallest absolute Gasteiger partial charge is 0.0877 e. The highest BCUT2D eigenvalue weighted by molar-refractivity contribution is 6.35. The van der Waals surface area contributed by atoms with Gasteiger partial charge in [-0.1, -0.05) is 11.6 Å². The maximum Gasteiger partial charge on any atom is 0.0877 e. The molecule has 0 aliphatic rings. The van der Waals surface area contributed by atoms with Crippen molar-refractivity contribution in [3.8, 4) is 0 Å². The highest BCUT2D eigenvalue weighted by Crippen LogP contribution is 2.21. The number of aryl methyl sites for hydroxylation is 1.